The van der Waals surface area contributed by atoms with E-state index in [1.165, 1.54) is 154 Å². The van der Waals surface area contributed by atoms with Crippen LogP contribution in [0.3, 0.4) is 0 Å². The first-order chi connectivity index (χ1) is 25.5. The van der Waals surface area contributed by atoms with Crippen molar-refractivity contribution < 1.29 is 24.5 Å². The molecule has 0 aromatic rings. The van der Waals surface area contributed by atoms with Crippen molar-refractivity contribution in [1.82, 2.24) is 4.90 Å². The predicted molar refractivity (Wildman–Crippen MR) is 224 cm³/mol. The lowest BCUT2D eigenvalue weighted by Crippen LogP contribution is -2.28. The number of carbonyl (C=O) groups excluding carboxylic acids is 1. The van der Waals surface area contributed by atoms with Crippen molar-refractivity contribution in [2.45, 2.75) is 239 Å². The van der Waals surface area contributed by atoms with Crippen LogP contribution in [0.1, 0.15) is 233 Å². The van der Waals surface area contributed by atoms with Gasteiger partial charge in [-0.3, -0.25) is 4.79 Å². The fourth-order valence-electron chi connectivity index (χ4n) is 7.42. The van der Waals surface area contributed by atoms with Gasteiger partial charge in [0.2, 0.25) is 0 Å². The van der Waals surface area contributed by atoms with E-state index in [0.29, 0.717) is 37.9 Å². The second kappa shape index (κ2) is 41.5. The van der Waals surface area contributed by atoms with E-state index in [0.717, 1.165) is 58.2 Å². The number of aliphatic hydroxyl groups excluding tert-OH is 2. The highest BCUT2D eigenvalue weighted by Crippen LogP contribution is 2.22. The van der Waals surface area contributed by atoms with Crippen LogP contribution in [0.5, 0.6) is 0 Å². The number of aliphatic hydroxyl groups is 2. The molecule has 2 N–H and O–H groups in total. The van der Waals surface area contributed by atoms with Crippen LogP contribution in [-0.4, -0.2) is 66.8 Å². The van der Waals surface area contributed by atoms with Gasteiger partial charge < -0.3 is 24.6 Å². The molecule has 3 atom stereocenters. The number of carbonyl (C=O) groups is 1. The van der Waals surface area contributed by atoms with Gasteiger partial charge in [0.05, 0.1) is 13.2 Å². The lowest BCUT2D eigenvalue weighted by Gasteiger charge is -2.23. The Morgan fingerprint density at radius 1 is 0.481 bits per heavy atom. The molecule has 0 fully saturated rings. The Balaban J connectivity index is 4.48. The second-order valence-electron chi connectivity index (χ2n) is 16.2. The highest BCUT2D eigenvalue weighted by atomic mass is 16.6. The molecule has 0 aromatic carbocycles. The second-order valence-corrected chi connectivity index (χ2v) is 16.2. The third-order valence-corrected chi connectivity index (χ3v) is 11.0. The molecule has 0 heterocycles. The zero-order valence-electron chi connectivity index (χ0n) is 35.7. The topological polar surface area (TPSA) is 79.2 Å². The number of hydrogen-bond donors (Lipinski definition) is 2. The number of rotatable bonds is 43. The molecular weight excluding hydrogens is 647 g/mol. The summed E-state index contributed by atoms with van der Waals surface area (Å²) in [4.78, 5) is 15.2. The maximum atomic E-state index is 12.7. The van der Waals surface area contributed by atoms with Gasteiger partial charge in [-0.1, -0.05) is 156 Å². The molecule has 0 spiro atoms. The highest BCUT2D eigenvalue weighted by molar-refractivity contribution is 5.69. The smallest absolute Gasteiger partial charge is 0.305 e. The summed E-state index contributed by atoms with van der Waals surface area (Å²) in [7, 11) is 0. The summed E-state index contributed by atoms with van der Waals surface area (Å²) in [5.74, 6) is 1.05. The van der Waals surface area contributed by atoms with E-state index in [2.05, 4.69) is 32.6 Å². The molecule has 0 aromatic heterocycles. The molecule has 6 heteroatoms. The molecule has 312 valence electrons. The molecule has 0 radical (unpaired) electrons. The van der Waals surface area contributed by atoms with Crippen molar-refractivity contribution >= 4 is 5.97 Å². The van der Waals surface area contributed by atoms with E-state index >= 15 is 0 Å². The van der Waals surface area contributed by atoms with E-state index in [1.807, 2.05) is 0 Å². The zero-order valence-corrected chi connectivity index (χ0v) is 35.7. The van der Waals surface area contributed by atoms with Gasteiger partial charge in [0.1, 0.15) is 0 Å². The Hall–Kier alpha value is -0.690. The number of hydrogen-bond acceptors (Lipinski definition) is 6. The predicted octanol–water partition coefficient (Wildman–Crippen LogP) is 13.0. The van der Waals surface area contributed by atoms with Crippen molar-refractivity contribution in [3.05, 3.63) is 0 Å². The number of esters is 1. The number of unbranched alkanes of at least 4 members (excludes halogenated alkanes) is 19. The van der Waals surface area contributed by atoms with E-state index in [9.17, 15) is 15.0 Å². The maximum Gasteiger partial charge on any atom is 0.305 e. The van der Waals surface area contributed by atoms with Gasteiger partial charge in [0.15, 0.2) is 6.29 Å². The minimum Gasteiger partial charge on any atom is -0.465 e. The van der Waals surface area contributed by atoms with E-state index < -0.39 is 6.29 Å². The van der Waals surface area contributed by atoms with Crippen LogP contribution in [0.25, 0.3) is 0 Å². The molecule has 0 saturated carbocycles. The number of nitrogens with zero attached hydrogens (tertiary/aromatic N) is 1. The third kappa shape index (κ3) is 36.3. The van der Waals surface area contributed by atoms with Crippen molar-refractivity contribution in [2.24, 2.45) is 11.8 Å². The Labute approximate surface area is 325 Å². The van der Waals surface area contributed by atoms with Crippen LogP contribution in [0, 0.1) is 11.8 Å². The van der Waals surface area contributed by atoms with E-state index in [1.54, 1.807) is 0 Å². The zero-order chi connectivity index (χ0) is 38.2. The van der Waals surface area contributed by atoms with Gasteiger partial charge >= 0.3 is 5.97 Å². The standard InChI is InChI=1S/C46H93NO5/c1-5-9-13-17-19-23-33-43(31-21-15-11-7-3)41-51-45(49)35-25-27-37-47(39-29-30-40-48)38-28-26-36-46(50)52-42-44(32-22-16-12-8-4)34-24-20-18-14-10-6-2/h43-45,48-49H,5-42H2,1-4H3. The first kappa shape index (κ1) is 51.3. The summed E-state index contributed by atoms with van der Waals surface area (Å²) in [5, 5.41) is 20.0. The normalized spacial score (nSPS) is 13.5. The Morgan fingerprint density at radius 2 is 0.865 bits per heavy atom. The molecule has 0 aliphatic heterocycles. The van der Waals surface area contributed by atoms with Gasteiger partial charge in [0.25, 0.3) is 0 Å². The van der Waals surface area contributed by atoms with Gasteiger partial charge in [-0.25, -0.2) is 0 Å². The molecule has 0 aliphatic carbocycles. The summed E-state index contributed by atoms with van der Waals surface area (Å²) < 4.78 is 11.8. The lowest BCUT2D eigenvalue weighted by molar-refractivity contribution is -0.145. The van der Waals surface area contributed by atoms with E-state index in [4.69, 9.17) is 9.47 Å². The quantitative estimate of drug-likeness (QED) is 0.0368. The van der Waals surface area contributed by atoms with Crippen molar-refractivity contribution in [3.63, 3.8) is 0 Å². The van der Waals surface area contributed by atoms with Crippen molar-refractivity contribution in [2.75, 3.05) is 39.5 Å². The molecule has 0 rings (SSSR count). The van der Waals surface area contributed by atoms with Crippen molar-refractivity contribution in [1.29, 1.82) is 0 Å². The van der Waals surface area contributed by atoms with Gasteiger partial charge in [0, 0.05) is 13.0 Å². The highest BCUT2D eigenvalue weighted by Gasteiger charge is 2.15. The summed E-state index contributed by atoms with van der Waals surface area (Å²) in [5.41, 5.74) is 0. The van der Waals surface area contributed by atoms with Crippen LogP contribution < -0.4 is 0 Å². The van der Waals surface area contributed by atoms with Crippen LogP contribution >= 0.6 is 0 Å². The molecule has 3 unspecified atom stereocenters. The molecule has 0 saturated heterocycles. The van der Waals surface area contributed by atoms with Gasteiger partial charge in [-0.15, -0.1) is 0 Å². The first-order valence-electron chi connectivity index (χ1n) is 23.3. The average molecular weight is 740 g/mol. The third-order valence-electron chi connectivity index (χ3n) is 11.0. The molecule has 6 nitrogen and oxygen atoms in total. The van der Waals surface area contributed by atoms with Gasteiger partial charge in [-0.05, 0) is 102 Å². The molecule has 0 bridgehead atoms. The molecule has 52 heavy (non-hydrogen) atoms. The van der Waals surface area contributed by atoms with Crippen molar-refractivity contribution in [3.8, 4) is 0 Å². The van der Waals surface area contributed by atoms with Crippen LogP contribution in [0.2, 0.25) is 0 Å². The van der Waals surface area contributed by atoms with Crippen LogP contribution in [0.15, 0.2) is 0 Å². The summed E-state index contributed by atoms with van der Waals surface area (Å²) in [6.45, 7) is 13.5. The Morgan fingerprint density at radius 3 is 1.35 bits per heavy atom. The van der Waals surface area contributed by atoms with Crippen LogP contribution in [0.4, 0.5) is 0 Å². The minimum atomic E-state index is -0.668. The SMILES string of the molecule is CCCCCCCCC(CCCCCC)COC(=O)CCCCN(CCCCO)CCCCC(O)OCC(CCCCCC)CCCCCCCC. The summed E-state index contributed by atoms with van der Waals surface area (Å²) >= 11 is 0. The maximum absolute atomic E-state index is 12.7. The minimum absolute atomic E-state index is 0.0301. The monoisotopic (exact) mass is 740 g/mol. The summed E-state index contributed by atoms with van der Waals surface area (Å²) in [6, 6.07) is 0. The largest absolute Gasteiger partial charge is 0.465 e. The Bertz CT molecular complexity index is 706. The van der Waals surface area contributed by atoms with Gasteiger partial charge in [-0.2, -0.15) is 0 Å². The van der Waals surface area contributed by atoms with E-state index in [-0.39, 0.29) is 12.6 Å². The average Bonchev–Trinajstić information content (AvgIpc) is 3.15. The fourth-order valence-corrected chi connectivity index (χ4v) is 7.42. The summed E-state index contributed by atoms with van der Waals surface area (Å²) in [6.07, 6.45) is 37.1. The molecule has 0 amide bonds. The Kier molecular flexibility index (Phi) is 40.9. The molecule has 0 aliphatic rings. The first-order valence-corrected chi connectivity index (χ1v) is 23.3. The number of ether oxygens (including phenoxy) is 2. The van der Waals surface area contributed by atoms with Crippen LogP contribution in [-0.2, 0) is 14.3 Å². The lowest BCUT2D eigenvalue weighted by atomic mass is 9.95. The molecular formula is C46H93NO5. The fraction of sp³-hybridized carbons (Fsp3) is 0.978.